The number of carbonyl (C=O) groups excluding carboxylic acids is 1. The van der Waals surface area contributed by atoms with Crippen molar-refractivity contribution in [1.29, 1.82) is 0 Å². The topological polar surface area (TPSA) is 103 Å². The molecule has 2 aromatic rings. The molecule has 108 valence electrons. The lowest BCUT2D eigenvalue weighted by Gasteiger charge is -2.17. The molecule has 0 spiro atoms. The summed E-state index contributed by atoms with van der Waals surface area (Å²) in [6.45, 7) is -0.199. The van der Waals surface area contributed by atoms with Crippen molar-refractivity contribution in [2.24, 2.45) is 0 Å². The van der Waals surface area contributed by atoms with E-state index in [0.29, 0.717) is 16.8 Å². The molecule has 0 aliphatic heterocycles. The maximum Gasteiger partial charge on any atom is 0.354 e. The molecule has 4 N–H and O–H groups in total. The van der Waals surface area contributed by atoms with E-state index >= 15 is 0 Å². The average Bonchev–Trinajstić information content (AvgIpc) is 2.88. The fourth-order valence-corrected chi connectivity index (χ4v) is 2.06. The molecule has 0 amide bonds. The summed E-state index contributed by atoms with van der Waals surface area (Å²) in [7, 11) is 1.30. The van der Waals surface area contributed by atoms with Crippen molar-refractivity contribution in [3.8, 4) is 0 Å². The van der Waals surface area contributed by atoms with Crippen LogP contribution in [0.15, 0.2) is 24.3 Å². The van der Waals surface area contributed by atoms with E-state index in [1.165, 1.54) is 7.11 Å². The number of ether oxygens (including phenoxy) is 1. The summed E-state index contributed by atoms with van der Waals surface area (Å²) >= 11 is 0. The van der Waals surface area contributed by atoms with Crippen LogP contribution in [0.2, 0.25) is 0 Å². The third-order valence-electron chi connectivity index (χ3n) is 3.18. The molecule has 0 aliphatic rings. The second-order valence-corrected chi connectivity index (χ2v) is 4.55. The number of aromatic amines is 1. The van der Waals surface area contributed by atoms with Crippen LogP contribution in [0.5, 0.6) is 0 Å². The minimum atomic E-state index is -1.09. The third kappa shape index (κ3) is 2.82. The molecule has 1 heterocycles. The van der Waals surface area contributed by atoms with E-state index in [2.05, 4.69) is 9.72 Å². The smallest absolute Gasteiger partial charge is 0.354 e. The summed E-state index contributed by atoms with van der Waals surface area (Å²) in [4.78, 5) is 14.3. The molecule has 1 aromatic carbocycles. The van der Waals surface area contributed by atoms with Crippen LogP contribution in [0, 0.1) is 0 Å². The molecule has 2 unspecified atom stereocenters. The predicted octanol–water partition coefficient (Wildman–Crippen LogP) is 0.731. The lowest BCUT2D eigenvalue weighted by Crippen LogP contribution is -2.19. The van der Waals surface area contributed by atoms with Crippen LogP contribution < -0.4 is 0 Å². The summed E-state index contributed by atoms with van der Waals surface area (Å²) in [6, 6.07) is 6.72. The highest BCUT2D eigenvalue weighted by Gasteiger charge is 2.19. The summed E-state index contributed by atoms with van der Waals surface area (Å²) in [6.07, 6.45) is -2.03. The number of carbonyl (C=O) groups is 1. The first kappa shape index (κ1) is 14.5. The Hall–Kier alpha value is -1.89. The summed E-state index contributed by atoms with van der Waals surface area (Å²) in [5, 5.41) is 29.2. The van der Waals surface area contributed by atoms with Crippen molar-refractivity contribution in [1.82, 2.24) is 4.98 Å². The van der Waals surface area contributed by atoms with Gasteiger partial charge in [0.25, 0.3) is 0 Å². The third-order valence-corrected chi connectivity index (χ3v) is 3.18. The van der Waals surface area contributed by atoms with Gasteiger partial charge in [0.05, 0.1) is 13.2 Å². The molecule has 0 fully saturated rings. The highest BCUT2D eigenvalue weighted by molar-refractivity contribution is 5.94. The van der Waals surface area contributed by atoms with Gasteiger partial charge in [-0.25, -0.2) is 4.79 Å². The average molecular weight is 279 g/mol. The Morgan fingerprint density at radius 2 is 2.10 bits per heavy atom. The van der Waals surface area contributed by atoms with Gasteiger partial charge in [-0.1, -0.05) is 12.1 Å². The zero-order chi connectivity index (χ0) is 14.7. The van der Waals surface area contributed by atoms with Gasteiger partial charge >= 0.3 is 5.97 Å². The Morgan fingerprint density at radius 3 is 2.75 bits per heavy atom. The van der Waals surface area contributed by atoms with E-state index in [0.717, 1.165) is 5.39 Å². The van der Waals surface area contributed by atoms with Crippen molar-refractivity contribution in [2.45, 2.75) is 18.6 Å². The minimum absolute atomic E-state index is 0.0946. The van der Waals surface area contributed by atoms with Gasteiger partial charge < -0.3 is 25.0 Å². The van der Waals surface area contributed by atoms with Crippen LogP contribution >= 0.6 is 0 Å². The van der Waals surface area contributed by atoms with Crippen molar-refractivity contribution >= 4 is 16.9 Å². The molecule has 0 aliphatic carbocycles. The van der Waals surface area contributed by atoms with E-state index in [-0.39, 0.29) is 13.0 Å². The number of aliphatic hydroxyl groups is 3. The van der Waals surface area contributed by atoms with Crippen molar-refractivity contribution in [3.63, 3.8) is 0 Å². The Labute approximate surface area is 115 Å². The predicted molar refractivity (Wildman–Crippen MR) is 72.3 cm³/mol. The van der Waals surface area contributed by atoms with Crippen LogP contribution in [0.1, 0.15) is 28.6 Å². The molecule has 6 heteroatoms. The number of hydrogen-bond acceptors (Lipinski definition) is 5. The largest absolute Gasteiger partial charge is 0.464 e. The van der Waals surface area contributed by atoms with Gasteiger partial charge in [0, 0.05) is 17.5 Å². The molecular weight excluding hydrogens is 262 g/mol. The number of fused-ring (bicyclic) bond motifs is 1. The Balaban J connectivity index is 2.31. The first-order valence-electron chi connectivity index (χ1n) is 6.24. The van der Waals surface area contributed by atoms with Crippen molar-refractivity contribution in [2.75, 3.05) is 13.7 Å². The zero-order valence-corrected chi connectivity index (χ0v) is 11.0. The van der Waals surface area contributed by atoms with Gasteiger partial charge in [-0.3, -0.25) is 0 Å². The van der Waals surface area contributed by atoms with Crippen LogP contribution in [0.3, 0.4) is 0 Å². The number of rotatable bonds is 5. The highest BCUT2D eigenvalue weighted by Crippen LogP contribution is 2.24. The number of aromatic nitrogens is 1. The number of H-pyrrole nitrogens is 1. The highest BCUT2D eigenvalue weighted by atomic mass is 16.5. The molecule has 2 rings (SSSR count). The van der Waals surface area contributed by atoms with Gasteiger partial charge in [-0.05, 0) is 24.1 Å². The van der Waals surface area contributed by atoms with E-state index in [1.807, 2.05) is 0 Å². The number of aliphatic hydroxyl groups excluding tert-OH is 3. The molecule has 20 heavy (non-hydrogen) atoms. The van der Waals surface area contributed by atoms with Crippen LogP contribution in [-0.2, 0) is 4.74 Å². The van der Waals surface area contributed by atoms with Crippen LogP contribution in [0.25, 0.3) is 10.9 Å². The van der Waals surface area contributed by atoms with Crippen LogP contribution in [-0.4, -0.2) is 46.1 Å². The van der Waals surface area contributed by atoms with Gasteiger partial charge in [-0.2, -0.15) is 0 Å². The fraction of sp³-hybridized carbons (Fsp3) is 0.357. The van der Waals surface area contributed by atoms with E-state index in [4.69, 9.17) is 5.11 Å². The van der Waals surface area contributed by atoms with Gasteiger partial charge in [0.15, 0.2) is 0 Å². The molecular formula is C14H17NO5. The lowest BCUT2D eigenvalue weighted by molar-refractivity contribution is 0.00428. The van der Waals surface area contributed by atoms with E-state index in [1.54, 1.807) is 24.3 Å². The Morgan fingerprint density at radius 1 is 1.35 bits per heavy atom. The molecule has 2 atom stereocenters. The minimum Gasteiger partial charge on any atom is -0.464 e. The molecule has 0 radical (unpaired) electrons. The standard InChI is InChI=1S/C14H17NO5/c1-20-14(19)11-6-8-2-3-9(7-10(8)15-11)13(18)12(17)4-5-16/h2-3,6-7,12-13,15-18H,4-5H2,1H3. The monoisotopic (exact) mass is 279 g/mol. The first-order chi connectivity index (χ1) is 9.56. The van der Waals surface area contributed by atoms with Crippen molar-refractivity contribution < 1.29 is 24.9 Å². The molecule has 6 nitrogen and oxygen atoms in total. The van der Waals surface area contributed by atoms with Gasteiger partial charge in [-0.15, -0.1) is 0 Å². The number of methoxy groups -OCH3 is 1. The molecule has 0 saturated carbocycles. The normalized spacial score (nSPS) is 14.2. The second kappa shape index (κ2) is 6.04. The first-order valence-corrected chi connectivity index (χ1v) is 6.24. The summed E-state index contributed by atoms with van der Waals surface area (Å²) in [5.41, 5.74) is 1.50. The van der Waals surface area contributed by atoms with E-state index in [9.17, 15) is 15.0 Å². The summed E-state index contributed by atoms with van der Waals surface area (Å²) in [5.74, 6) is -0.469. The maximum absolute atomic E-state index is 11.4. The fourth-order valence-electron chi connectivity index (χ4n) is 2.06. The quantitative estimate of drug-likeness (QED) is 0.604. The SMILES string of the molecule is COC(=O)c1cc2ccc(C(O)C(O)CCO)cc2[nH]1. The zero-order valence-electron chi connectivity index (χ0n) is 11.0. The molecule has 0 saturated heterocycles. The maximum atomic E-state index is 11.4. The van der Waals surface area contributed by atoms with E-state index < -0.39 is 18.2 Å². The second-order valence-electron chi connectivity index (χ2n) is 4.55. The lowest BCUT2D eigenvalue weighted by atomic mass is 10.0. The summed E-state index contributed by atoms with van der Waals surface area (Å²) < 4.78 is 4.63. The molecule has 0 bridgehead atoms. The molecule has 1 aromatic heterocycles. The number of nitrogens with one attached hydrogen (secondary N) is 1. The van der Waals surface area contributed by atoms with Gasteiger partial charge in [0.1, 0.15) is 11.8 Å². The van der Waals surface area contributed by atoms with Crippen LogP contribution in [0.4, 0.5) is 0 Å². The van der Waals surface area contributed by atoms with Gasteiger partial charge in [0.2, 0.25) is 0 Å². The Kier molecular flexibility index (Phi) is 4.39. The number of benzene rings is 1. The number of hydrogen-bond donors (Lipinski definition) is 4. The number of esters is 1. The van der Waals surface area contributed by atoms with Crippen molar-refractivity contribution in [3.05, 3.63) is 35.5 Å². The Bertz CT molecular complexity index is 607.